The molecule has 1 aliphatic carbocycles. The van der Waals surface area contributed by atoms with Crippen LogP contribution in [0, 0.1) is 5.41 Å². The minimum atomic E-state index is 0.546. The highest BCUT2D eigenvalue weighted by molar-refractivity contribution is 9.10. The van der Waals surface area contributed by atoms with Crippen molar-refractivity contribution in [2.24, 2.45) is 5.41 Å². The van der Waals surface area contributed by atoms with Crippen molar-refractivity contribution in [3.8, 4) is 0 Å². The second-order valence-corrected chi connectivity index (χ2v) is 6.76. The van der Waals surface area contributed by atoms with Crippen molar-refractivity contribution in [1.29, 1.82) is 0 Å². The smallest absolute Gasteiger partial charge is 0.0230 e. The third kappa shape index (κ3) is 3.55. The Kier molecular flexibility index (Phi) is 4.67. The number of rotatable bonds is 5. The highest BCUT2D eigenvalue weighted by Gasteiger charge is 2.36. The largest absolute Gasteiger partial charge is 0.302 e. The predicted octanol–water partition coefficient (Wildman–Crippen LogP) is 4.45. The average molecular weight is 361 g/mol. The van der Waals surface area contributed by atoms with Crippen molar-refractivity contribution in [3.05, 3.63) is 34.3 Å². The lowest BCUT2D eigenvalue weighted by Gasteiger charge is -2.43. The summed E-state index contributed by atoms with van der Waals surface area (Å²) in [6.07, 6.45) is 4.16. The highest BCUT2D eigenvalue weighted by atomic mass is 79.9. The van der Waals surface area contributed by atoms with E-state index in [1.807, 2.05) is 0 Å². The molecular formula is C14H19Br2N. The quantitative estimate of drug-likeness (QED) is 0.701. The SMILES string of the molecule is CN(Cc1ccc(Br)cc1)CC1(CBr)CCC1. The number of halogens is 2. The first-order valence-corrected chi connectivity index (χ1v) is 8.04. The molecule has 1 fully saturated rings. The van der Waals surface area contributed by atoms with Crippen LogP contribution in [0.2, 0.25) is 0 Å². The van der Waals surface area contributed by atoms with E-state index in [9.17, 15) is 0 Å². The first-order valence-electron chi connectivity index (χ1n) is 6.13. The van der Waals surface area contributed by atoms with Gasteiger partial charge in [-0.2, -0.15) is 0 Å². The van der Waals surface area contributed by atoms with E-state index in [0.29, 0.717) is 5.41 Å². The van der Waals surface area contributed by atoms with Gasteiger partial charge in [0.05, 0.1) is 0 Å². The Balaban J connectivity index is 1.88. The van der Waals surface area contributed by atoms with Crippen LogP contribution in [0.4, 0.5) is 0 Å². The van der Waals surface area contributed by atoms with Crippen molar-refractivity contribution in [2.75, 3.05) is 18.9 Å². The van der Waals surface area contributed by atoms with Crippen LogP contribution < -0.4 is 0 Å². The van der Waals surface area contributed by atoms with Gasteiger partial charge in [-0.15, -0.1) is 0 Å². The molecule has 0 bridgehead atoms. The van der Waals surface area contributed by atoms with Crippen LogP contribution in [0.3, 0.4) is 0 Å². The predicted molar refractivity (Wildman–Crippen MR) is 80.6 cm³/mol. The van der Waals surface area contributed by atoms with E-state index in [1.165, 1.54) is 31.4 Å². The zero-order chi connectivity index (χ0) is 12.3. The minimum Gasteiger partial charge on any atom is -0.302 e. The molecule has 0 N–H and O–H groups in total. The first-order chi connectivity index (χ1) is 8.13. The zero-order valence-corrected chi connectivity index (χ0v) is 13.4. The molecular weight excluding hydrogens is 342 g/mol. The molecule has 0 atom stereocenters. The lowest BCUT2D eigenvalue weighted by Crippen LogP contribution is -2.41. The number of nitrogens with zero attached hydrogens (tertiary/aromatic N) is 1. The van der Waals surface area contributed by atoms with E-state index in [4.69, 9.17) is 0 Å². The molecule has 1 aromatic carbocycles. The third-order valence-electron chi connectivity index (χ3n) is 3.67. The molecule has 0 amide bonds. The Bertz CT molecular complexity index is 351. The Hall–Kier alpha value is 0.140. The molecule has 17 heavy (non-hydrogen) atoms. The molecule has 1 nitrogen and oxygen atoms in total. The molecule has 2 rings (SSSR count). The summed E-state index contributed by atoms with van der Waals surface area (Å²) in [5, 5.41) is 1.14. The zero-order valence-electron chi connectivity index (χ0n) is 10.3. The van der Waals surface area contributed by atoms with Crippen LogP contribution in [0.5, 0.6) is 0 Å². The number of benzene rings is 1. The van der Waals surface area contributed by atoms with Crippen molar-refractivity contribution in [1.82, 2.24) is 4.90 Å². The number of hydrogen-bond donors (Lipinski definition) is 0. The van der Waals surface area contributed by atoms with Crippen molar-refractivity contribution < 1.29 is 0 Å². The standard InChI is InChI=1S/C14H19Br2N/c1-17(11-14(10-15)7-2-8-14)9-12-3-5-13(16)6-4-12/h3-6H,2,7-11H2,1H3. The van der Waals surface area contributed by atoms with Crippen LogP contribution in [-0.4, -0.2) is 23.8 Å². The van der Waals surface area contributed by atoms with Crippen LogP contribution in [0.15, 0.2) is 28.7 Å². The van der Waals surface area contributed by atoms with Crippen molar-refractivity contribution in [3.63, 3.8) is 0 Å². The molecule has 0 aliphatic heterocycles. The van der Waals surface area contributed by atoms with E-state index in [1.54, 1.807) is 0 Å². The maximum absolute atomic E-state index is 3.67. The second-order valence-electron chi connectivity index (χ2n) is 5.29. The van der Waals surface area contributed by atoms with Crippen molar-refractivity contribution in [2.45, 2.75) is 25.8 Å². The molecule has 0 saturated heterocycles. The summed E-state index contributed by atoms with van der Waals surface area (Å²) >= 11 is 7.15. The average Bonchev–Trinajstić information content (AvgIpc) is 2.27. The van der Waals surface area contributed by atoms with Gasteiger partial charge in [0.25, 0.3) is 0 Å². The second kappa shape index (κ2) is 5.85. The topological polar surface area (TPSA) is 3.24 Å². The fourth-order valence-electron chi connectivity index (χ4n) is 2.54. The molecule has 1 aliphatic rings. The Morgan fingerprint density at radius 2 is 1.88 bits per heavy atom. The van der Waals surface area contributed by atoms with Crippen LogP contribution >= 0.6 is 31.9 Å². The van der Waals surface area contributed by atoms with Gasteiger partial charge in [0, 0.05) is 22.9 Å². The summed E-state index contributed by atoms with van der Waals surface area (Å²) in [7, 11) is 2.23. The molecule has 0 spiro atoms. The molecule has 1 aromatic rings. The van der Waals surface area contributed by atoms with Crippen molar-refractivity contribution >= 4 is 31.9 Å². The lowest BCUT2D eigenvalue weighted by molar-refractivity contribution is 0.102. The van der Waals surface area contributed by atoms with Gasteiger partial charge in [-0.3, -0.25) is 0 Å². The monoisotopic (exact) mass is 359 g/mol. The van der Waals surface area contributed by atoms with E-state index < -0.39 is 0 Å². The van der Waals surface area contributed by atoms with Gasteiger partial charge in [-0.1, -0.05) is 50.4 Å². The fourth-order valence-corrected chi connectivity index (χ4v) is 3.54. The minimum absolute atomic E-state index is 0.546. The van der Waals surface area contributed by atoms with Gasteiger partial charge in [-0.25, -0.2) is 0 Å². The van der Waals surface area contributed by atoms with Gasteiger partial charge < -0.3 is 4.90 Å². The molecule has 0 heterocycles. The maximum Gasteiger partial charge on any atom is 0.0230 e. The van der Waals surface area contributed by atoms with E-state index in [-0.39, 0.29) is 0 Å². The van der Waals surface area contributed by atoms with E-state index in [2.05, 4.69) is 68.1 Å². The summed E-state index contributed by atoms with van der Waals surface area (Å²) in [5.74, 6) is 0. The molecule has 1 saturated carbocycles. The van der Waals surface area contributed by atoms with Gasteiger partial charge in [0.2, 0.25) is 0 Å². The third-order valence-corrected chi connectivity index (χ3v) is 5.39. The number of alkyl halides is 1. The molecule has 0 radical (unpaired) electrons. The van der Waals surface area contributed by atoms with Gasteiger partial charge in [0.1, 0.15) is 0 Å². The van der Waals surface area contributed by atoms with Gasteiger partial charge in [-0.05, 0) is 43.0 Å². The van der Waals surface area contributed by atoms with E-state index in [0.717, 1.165) is 16.3 Å². The summed E-state index contributed by atoms with van der Waals surface area (Å²) < 4.78 is 1.15. The fraction of sp³-hybridized carbons (Fsp3) is 0.571. The Labute approximate surface area is 121 Å². The van der Waals surface area contributed by atoms with E-state index >= 15 is 0 Å². The van der Waals surface area contributed by atoms with Gasteiger partial charge >= 0.3 is 0 Å². The molecule has 3 heteroatoms. The summed E-state index contributed by atoms with van der Waals surface area (Å²) in [6.45, 7) is 2.25. The summed E-state index contributed by atoms with van der Waals surface area (Å²) in [5.41, 5.74) is 1.93. The normalized spacial score (nSPS) is 18.1. The maximum atomic E-state index is 3.67. The number of hydrogen-bond acceptors (Lipinski definition) is 1. The molecule has 94 valence electrons. The first kappa shape index (κ1) is 13.6. The molecule has 0 unspecified atom stereocenters. The summed E-state index contributed by atoms with van der Waals surface area (Å²) in [4.78, 5) is 2.45. The Morgan fingerprint density at radius 1 is 1.24 bits per heavy atom. The summed E-state index contributed by atoms with van der Waals surface area (Å²) in [6, 6.07) is 8.63. The molecule has 0 aromatic heterocycles. The lowest BCUT2D eigenvalue weighted by atomic mass is 9.70. The van der Waals surface area contributed by atoms with Gasteiger partial charge in [0.15, 0.2) is 0 Å². The van der Waals surface area contributed by atoms with Crippen LogP contribution in [0.25, 0.3) is 0 Å². The highest BCUT2D eigenvalue weighted by Crippen LogP contribution is 2.42. The van der Waals surface area contributed by atoms with Crippen LogP contribution in [-0.2, 0) is 6.54 Å². The van der Waals surface area contributed by atoms with Crippen LogP contribution in [0.1, 0.15) is 24.8 Å². The Morgan fingerprint density at radius 3 is 2.35 bits per heavy atom.